The molecular weight excluding hydrogens is 576 g/mol. The van der Waals surface area contributed by atoms with Crippen LogP contribution in [0.4, 0.5) is 5.69 Å². The Bertz CT molecular complexity index is 1510. The third kappa shape index (κ3) is 5.23. The van der Waals surface area contributed by atoms with Gasteiger partial charge < -0.3 is 19.5 Å². The molecule has 1 amide bonds. The van der Waals surface area contributed by atoms with Crippen molar-refractivity contribution in [3.63, 3.8) is 0 Å². The van der Waals surface area contributed by atoms with Gasteiger partial charge in [-0.25, -0.2) is 13.1 Å². The van der Waals surface area contributed by atoms with Gasteiger partial charge in [0.25, 0.3) is 5.91 Å². The zero-order valence-electron chi connectivity index (χ0n) is 24.1. The van der Waals surface area contributed by atoms with Crippen molar-refractivity contribution >= 4 is 33.2 Å². The number of anilines is 1. The first-order valence-electron chi connectivity index (χ1n) is 14.8. The predicted octanol–water partition coefficient (Wildman–Crippen LogP) is 4.62. The largest absolute Gasteiger partial charge is 0.490 e. The van der Waals surface area contributed by atoms with Gasteiger partial charge in [0.15, 0.2) is 0 Å². The van der Waals surface area contributed by atoms with Crippen molar-refractivity contribution in [2.75, 3.05) is 38.3 Å². The van der Waals surface area contributed by atoms with E-state index in [4.69, 9.17) is 21.1 Å². The maximum Gasteiger partial charge on any atom is 0.264 e. The molecule has 1 spiro atoms. The van der Waals surface area contributed by atoms with Gasteiger partial charge in [-0.05, 0) is 98.7 Å². The second kappa shape index (κ2) is 11.2. The van der Waals surface area contributed by atoms with E-state index in [2.05, 4.69) is 21.8 Å². The molecule has 8 nitrogen and oxygen atoms in total. The number of allylic oxidation sites excluding steroid dienone is 1. The summed E-state index contributed by atoms with van der Waals surface area (Å²) in [5.41, 5.74) is 3.23. The number of carbonyl (C=O) groups excluding carboxylic acids is 1. The first kappa shape index (κ1) is 29.5. The molecule has 2 N–H and O–H groups in total. The number of sulfonamides is 1. The van der Waals surface area contributed by atoms with Crippen LogP contribution in [0.15, 0.2) is 48.6 Å². The molecule has 2 bridgehead atoms. The van der Waals surface area contributed by atoms with Crippen molar-refractivity contribution in [1.82, 2.24) is 4.72 Å². The number of benzene rings is 2. The van der Waals surface area contributed by atoms with Crippen LogP contribution in [0.25, 0.3) is 0 Å². The summed E-state index contributed by atoms with van der Waals surface area (Å²) in [6, 6.07) is 11.3. The average molecular weight is 615 g/mol. The third-order valence-electron chi connectivity index (χ3n) is 9.88. The number of fused-ring (bicyclic) bond motifs is 4. The molecule has 10 heteroatoms. The summed E-state index contributed by atoms with van der Waals surface area (Å²) in [7, 11) is -2.71. The molecule has 6 rings (SSSR count). The van der Waals surface area contributed by atoms with E-state index in [-0.39, 0.29) is 35.8 Å². The van der Waals surface area contributed by atoms with Crippen molar-refractivity contribution in [3.05, 3.63) is 70.3 Å². The van der Waals surface area contributed by atoms with Gasteiger partial charge >= 0.3 is 0 Å². The van der Waals surface area contributed by atoms with Crippen LogP contribution in [0.3, 0.4) is 0 Å². The number of hydrogen-bond donors (Lipinski definition) is 2. The van der Waals surface area contributed by atoms with E-state index in [1.807, 2.05) is 6.07 Å². The van der Waals surface area contributed by atoms with Crippen molar-refractivity contribution in [1.29, 1.82) is 0 Å². The van der Waals surface area contributed by atoms with E-state index in [1.54, 1.807) is 37.3 Å². The molecule has 226 valence electrons. The van der Waals surface area contributed by atoms with Crippen LogP contribution in [-0.4, -0.2) is 63.7 Å². The predicted molar refractivity (Wildman–Crippen MR) is 163 cm³/mol. The van der Waals surface area contributed by atoms with Gasteiger partial charge in [-0.15, -0.1) is 0 Å². The average Bonchev–Trinajstić information content (AvgIpc) is 3.07. The minimum Gasteiger partial charge on any atom is -0.490 e. The normalized spacial score (nSPS) is 33.0. The number of aryl methyl sites for hydroxylation is 1. The lowest BCUT2D eigenvalue weighted by Crippen LogP contribution is -2.49. The Morgan fingerprint density at radius 1 is 1.21 bits per heavy atom. The minimum atomic E-state index is -4.15. The van der Waals surface area contributed by atoms with Crippen LogP contribution in [0.5, 0.6) is 5.75 Å². The van der Waals surface area contributed by atoms with Gasteiger partial charge in [-0.2, -0.15) is 0 Å². The van der Waals surface area contributed by atoms with Gasteiger partial charge in [-0.1, -0.05) is 29.8 Å². The molecule has 5 atom stereocenters. The monoisotopic (exact) mass is 614 g/mol. The molecule has 2 aromatic carbocycles. The Hall–Kier alpha value is -2.59. The summed E-state index contributed by atoms with van der Waals surface area (Å²) in [5.74, 6) is 0.257. The van der Waals surface area contributed by atoms with E-state index in [0.717, 1.165) is 42.8 Å². The number of hydrogen-bond acceptors (Lipinski definition) is 7. The molecule has 1 fully saturated rings. The molecule has 2 aromatic rings. The number of amides is 1. The van der Waals surface area contributed by atoms with E-state index in [0.29, 0.717) is 25.4 Å². The van der Waals surface area contributed by atoms with E-state index in [1.165, 1.54) is 18.2 Å². The smallest absolute Gasteiger partial charge is 0.264 e. The highest BCUT2D eigenvalue weighted by Gasteiger charge is 2.45. The quantitative estimate of drug-likeness (QED) is 0.476. The van der Waals surface area contributed by atoms with Gasteiger partial charge in [0.05, 0.1) is 25.0 Å². The summed E-state index contributed by atoms with van der Waals surface area (Å²) in [5, 5.41) is 11.9. The molecule has 4 aliphatic rings. The molecule has 2 aliphatic carbocycles. The van der Waals surface area contributed by atoms with Crippen LogP contribution >= 0.6 is 11.6 Å². The maximum atomic E-state index is 13.5. The summed E-state index contributed by atoms with van der Waals surface area (Å²) >= 11 is 6.38. The van der Waals surface area contributed by atoms with Crippen LogP contribution < -0.4 is 14.4 Å². The minimum absolute atomic E-state index is 0.0561. The van der Waals surface area contributed by atoms with E-state index >= 15 is 0 Å². The number of aliphatic hydroxyl groups excluding tert-OH is 1. The molecule has 2 heterocycles. The first-order valence-corrected chi connectivity index (χ1v) is 16.6. The highest BCUT2D eigenvalue weighted by Crippen LogP contribution is 2.46. The summed E-state index contributed by atoms with van der Waals surface area (Å²) in [6.07, 6.45) is 7.63. The highest BCUT2D eigenvalue weighted by molar-refractivity contribution is 7.91. The zero-order chi connectivity index (χ0) is 29.7. The highest BCUT2D eigenvalue weighted by atomic mass is 35.5. The lowest BCUT2D eigenvalue weighted by Gasteiger charge is -2.45. The van der Waals surface area contributed by atoms with Crippen molar-refractivity contribution in [2.24, 2.45) is 11.8 Å². The number of ether oxygens (including phenoxy) is 2. The van der Waals surface area contributed by atoms with Crippen molar-refractivity contribution < 1.29 is 27.8 Å². The Morgan fingerprint density at radius 3 is 2.81 bits per heavy atom. The summed E-state index contributed by atoms with van der Waals surface area (Å²) < 4.78 is 39.7. The Balaban J connectivity index is 1.43. The Labute approximate surface area is 253 Å². The van der Waals surface area contributed by atoms with Crippen LogP contribution in [0.2, 0.25) is 5.02 Å². The second-order valence-corrected chi connectivity index (χ2v) is 15.4. The van der Waals surface area contributed by atoms with Crippen molar-refractivity contribution in [2.45, 2.75) is 61.7 Å². The molecule has 0 unspecified atom stereocenters. The van der Waals surface area contributed by atoms with Crippen LogP contribution in [0, 0.1) is 11.8 Å². The third-order valence-corrected chi connectivity index (χ3v) is 12.1. The fraction of sp³-hybridized carbons (Fsp3) is 0.531. The van der Waals surface area contributed by atoms with E-state index in [9.17, 15) is 18.3 Å². The van der Waals surface area contributed by atoms with Gasteiger partial charge in [0.1, 0.15) is 10.5 Å². The summed E-state index contributed by atoms with van der Waals surface area (Å²) in [4.78, 5) is 15.7. The number of nitrogens with one attached hydrogen (secondary N) is 1. The van der Waals surface area contributed by atoms with Crippen LogP contribution in [0.1, 0.15) is 60.5 Å². The molecule has 0 saturated heterocycles. The lowest BCUT2D eigenvalue weighted by atomic mass is 9.68. The molecule has 42 heavy (non-hydrogen) atoms. The first-order chi connectivity index (χ1) is 20.0. The van der Waals surface area contributed by atoms with Crippen LogP contribution in [-0.2, 0) is 26.6 Å². The van der Waals surface area contributed by atoms with E-state index < -0.39 is 26.8 Å². The number of aliphatic hydroxyl groups is 1. The molecule has 0 radical (unpaired) electrons. The number of halogens is 1. The fourth-order valence-electron chi connectivity index (χ4n) is 7.26. The Morgan fingerprint density at radius 2 is 2.05 bits per heavy atom. The Kier molecular flexibility index (Phi) is 7.83. The van der Waals surface area contributed by atoms with Gasteiger partial charge in [-0.3, -0.25) is 4.79 Å². The summed E-state index contributed by atoms with van der Waals surface area (Å²) in [6.45, 7) is 3.30. The van der Waals surface area contributed by atoms with Gasteiger partial charge in [0.2, 0.25) is 10.0 Å². The molecule has 2 aliphatic heterocycles. The SMILES string of the molecule is COC[C@@]1(C)C/C=C/[C@H](O)[C@@H]2CC[C@H]2CN2C[C@@]3(CCCc4cc(Cl)ccc43)COc3ccc(cc32)C(=O)NS1(=O)=O. The van der Waals surface area contributed by atoms with Gasteiger partial charge in [0, 0.05) is 36.2 Å². The second-order valence-electron chi connectivity index (χ2n) is 12.7. The zero-order valence-corrected chi connectivity index (χ0v) is 25.7. The fourth-order valence-corrected chi connectivity index (χ4v) is 8.66. The number of methoxy groups -OCH3 is 1. The molecule has 0 aromatic heterocycles. The maximum absolute atomic E-state index is 13.5. The lowest BCUT2D eigenvalue weighted by molar-refractivity contribution is 0.0455. The molecule has 1 saturated carbocycles. The topological polar surface area (TPSA) is 105 Å². The number of nitrogens with zero attached hydrogens (tertiary/aromatic N) is 1. The number of carbonyl (C=O) groups is 1. The molecular formula is C32H39ClN2O6S. The number of rotatable bonds is 2. The standard InChI is InChI=1S/C32H39ClN2O6S/c1-31(19-40-2)13-4-6-28(36)25-10-7-23(25)17-35-18-32(14-3-5-21-15-24(33)9-11-26(21)32)20-41-29-12-8-22(16-27(29)35)30(37)34-42(31,38)39/h4,6,8-9,11-12,15-16,23,25,28,36H,3,5,7,10,13-14,17-20H2,1-2H3,(H,34,37)/b6-4+/t23-,25+,28-,31+,32-/m0/s1. The van der Waals surface area contributed by atoms with Crippen molar-refractivity contribution in [3.8, 4) is 5.75 Å².